The Bertz CT molecular complexity index is 1020. The molecule has 0 spiro atoms. The molecule has 1 N–H and O–H groups in total. The summed E-state index contributed by atoms with van der Waals surface area (Å²) in [5.41, 5.74) is -1.43. The number of amides is 3. The van der Waals surface area contributed by atoms with Gasteiger partial charge < -0.3 is 5.32 Å². The van der Waals surface area contributed by atoms with E-state index in [1.807, 2.05) is 0 Å². The zero-order chi connectivity index (χ0) is 19.2. The van der Waals surface area contributed by atoms with Crippen molar-refractivity contribution in [2.45, 2.75) is 19.0 Å². The van der Waals surface area contributed by atoms with Crippen LogP contribution in [-0.4, -0.2) is 26.0 Å². The van der Waals surface area contributed by atoms with Gasteiger partial charge in [0.15, 0.2) is 0 Å². The Morgan fingerprint density at radius 2 is 1.65 bits per heavy atom. The molecule has 1 aromatic heterocycles. The zero-order valence-corrected chi connectivity index (χ0v) is 15.2. The summed E-state index contributed by atoms with van der Waals surface area (Å²) in [5.74, 6) is -0.474. The standard InChI is InChI=1S/C17H17ClN4O4/c1-17(10-4-6-11(18)7-5-10)14(24)22(15(25)19-17)9-12-8-13(23)21(3)16(26)20(12)2/h4-8H,9H2,1-3H3,(H,19,25). The lowest BCUT2D eigenvalue weighted by atomic mass is 9.92. The van der Waals surface area contributed by atoms with E-state index in [0.29, 0.717) is 10.6 Å². The summed E-state index contributed by atoms with van der Waals surface area (Å²) in [6.07, 6.45) is 0. The van der Waals surface area contributed by atoms with E-state index in [2.05, 4.69) is 5.32 Å². The van der Waals surface area contributed by atoms with Crippen molar-refractivity contribution < 1.29 is 9.59 Å². The fourth-order valence-corrected chi connectivity index (χ4v) is 3.04. The second-order valence-electron chi connectivity index (χ2n) is 6.33. The first kappa shape index (κ1) is 17.9. The van der Waals surface area contributed by atoms with Crippen molar-refractivity contribution in [2.24, 2.45) is 14.1 Å². The van der Waals surface area contributed by atoms with Gasteiger partial charge in [0.25, 0.3) is 11.5 Å². The molecule has 3 rings (SSSR count). The fourth-order valence-electron chi connectivity index (χ4n) is 2.91. The van der Waals surface area contributed by atoms with Crippen LogP contribution in [0.1, 0.15) is 18.2 Å². The molecule has 1 atom stereocenters. The number of carbonyl (C=O) groups excluding carboxylic acids is 2. The quantitative estimate of drug-likeness (QED) is 0.798. The monoisotopic (exact) mass is 376 g/mol. The lowest BCUT2D eigenvalue weighted by Gasteiger charge is -2.22. The number of rotatable bonds is 3. The Balaban J connectivity index is 1.97. The second kappa shape index (κ2) is 6.14. The van der Waals surface area contributed by atoms with Crippen molar-refractivity contribution >= 4 is 23.5 Å². The second-order valence-corrected chi connectivity index (χ2v) is 6.76. The molecule has 26 heavy (non-hydrogen) atoms. The Morgan fingerprint density at radius 3 is 2.27 bits per heavy atom. The Kier molecular flexibility index (Phi) is 4.23. The number of imide groups is 1. The van der Waals surface area contributed by atoms with Crippen molar-refractivity contribution in [1.29, 1.82) is 0 Å². The number of carbonyl (C=O) groups is 2. The maximum Gasteiger partial charge on any atom is 0.330 e. The van der Waals surface area contributed by atoms with Crippen LogP contribution in [0.2, 0.25) is 5.02 Å². The minimum absolute atomic E-state index is 0.185. The highest BCUT2D eigenvalue weighted by molar-refractivity contribution is 6.30. The molecule has 0 radical (unpaired) electrons. The van der Waals surface area contributed by atoms with Gasteiger partial charge in [0.2, 0.25) is 0 Å². The number of halogens is 1. The van der Waals surface area contributed by atoms with E-state index in [9.17, 15) is 19.2 Å². The molecule has 136 valence electrons. The molecule has 1 fully saturated rings. The molecule has 0 saturated carbocycles. The third-order valence-corrected chi connectivity index (χ3v) is 4.89. The van der Waals surface area contributed by atoms with Crippen molar-refractivity contribution in [2.75, 3.05) is 0 Å². The highest BCUT2D eigenvalue weighted by Gasteiger charge is 2.49. The van der Waals surface area contributed by atoms with Crippen molar-refractivity contribution in [3.05, 3.63) is 67.4 Å². The van der Waals surface area contributed by atoms with E-state index in [1.54, 1.807) is 31.2 Å². The first-order valence-corrected chi connectivity index (χ1v) is 8.19. The maximum atomic E-state index is 12.9. The van der Waals surface area contributed by atoms with E-state index < -0.39 is 28.7 Å². The van der Waals surface area contributed by atoms with Crippen LogP contribution >= 0.6 is 11.6 Å². The lowest BCUT2D eigenvalue weighted by molar-refractivity contribution is -0.131. The Hall–Kier alpha value is -2.87. The van der Waals surface area contributed by atoms with Gasteiger partial charge in [-0.1, -0.05) is 23.7 Å². The molecule has 2 aromatic rings. The van der Waals surface area contributed by atoms with Gasteiger partial charge in [-0.05, 0) is 24.6 Å². The largest absolute Gasteiger partial charge is 0.330 e. The summed E-state index contributed by atoms with van der Waals surface area (Å²) in [6.45, 7) is 1.41. The average molecular weight is 377 g/mol. The van der Waals surface area contributed by atoms with Crippen molar-refractivity contribution in [3.63, 3.8) is 0 Å². The summed E-state index contributed by atoms with van der Waals surface area (Å²) in [5, 5.41) is 3.18. The van der Waals surface area contributed by atoms with Crippen LogP contribution in [-0.2, 0) is 31.0 Å². The van der Waals surface area contributed by atoms with E-state index in [-0.39, 0.29) is 12.2 Å². The highest BCUT2D eigenvalue weighted by atomic mass is 35.5. The molecule has 9 heteroatoms. The minimum atomic E-state index is -1.25. The van der Waals surface area contributed by atoms with Gasteiger partial charge in [0, 0.05) is 30.9 Å². The Morgan fingerprint density at radius 1 is 1.04 bits per heavy atom. The number of aromatic nitrogens is 2. The molecule has 1 aliphatic rings. The van der Waals surface area contributed by atoms with Gasteiger partial charge >= 0.3 is 11.7 Å². The van der Waals surface area contributed by atoms with E-state index in [4.69, 9.17) is 11.6 Å². The van der Waals surface area contributed by atoms with Crippen LogP contribution < -0.4 is 16.6 Å². The van der Waals surface area contributed by atoms with Crippen LogP contribution in [0.3, 0.4) is 0 Å². The zero-order valence-electron chi connectivity index (χ0n) is 14.4. The van der Waals surface area contributed by atoms with Gasteiger partial charge in [-0.3, -0.25) is 23.6 Å². The predicted molar refractivity (Wildman–Crippen MR) is 94.8 cm³/mol. The minimum Gasteiger partial charge on any atom is -0.319 e. The normalized spacial score (nSPS) is 19.8. The Labute approximate surface area is 153 Å². The summed E-state index contributed by atoms with van der Waals surface area (Å²) < 4.78 is 2.19. The van der Waals surface area contributed by atoms with Gasteiger partial charge in [0.1, 0.15) is 5.54 Å². The number of hydrogen-bond donors (Lipinski definition) is 1. The first-order chi connectivity index (χ1) is 12.1. The topological polar surface area (TPSA) is 93.4 Å². The van der Waals surface area contributed by atoms with Gasteiger partial charge in [0.05, 0.1) is 6.54 Å². The van der Waals surface area contributed by atoms with Crippen LogP contribution in [0.25, 0.3) is 0 Å². The summed E-state index contributed by atoms with van der Waals surface area (Å²) in [4.78, 5) is 50.2. The van der Waals surface area contributed by atoms with Crippen LogP contribution in [0, 0.1) is 0 Å². The summed E-state index contributed by atoms with van der Waals surface area (Å²) in [6, 6.07) is 7.24. The third kappa shape index (κ3) is 2.72. The number of nitrogens with one attached hydrogen (secondary N) is 1. The van der Waals surface area contributed by atoms with Crippen molar-refractivity contribution in [1.82, 2.24) is 19.4 Å². The van der Waals surface area contributed by atoms with E-state index in [1.165, 1.54) is 24.7 Å². The van der Waals surface area contributed by atoms with Crippen LogP contribution in [0.4, 0.5) is 4.79 Å². The molecule has 1 aliphatic heterocycles. The SMILES string of the molecule is Cn1c(CN2C(=O)NC(C)(c3ccc(Cl)cc3)C2=O)cc(=O)n(C)c1=O. The third-order valence-electron chi connectivity index (χ3n) is 4.64. The van der Waals surface area contributed by atoms with Crippen LogP contribution in [0.15, 0.2) is 39.9 Å². The summed E-state index contributed by atoms with van der Waals surface area (Å²) in [7, 11) is 2.84. The number of hydrogen-bond acceptors (Lipinski definition) is 4. The fraction of sp³-hybridized carbons (Fsp3) is 0.294. The number of nitrogens with zero attached hydrogens (tertiary/aromatic N) is 3. The molecule has 8 nitrogen and oxygen atoms in total. The molecule has 3 amide bonds. The predicted octanol–water partition coefficient (Wildman–Crippen LogP) is 0.705. The smallest absolute Gasteiger partial charge is 0.319 e. The summed E-state index contributed by atoms with van der Waals surface area (Å²) >= 11 is 5.88. The molecule has 1 aromatic carbocycles. The van der Waals surface area contributed by atoms with Crippen molar-refractivity contribution in [3.8, 4) is 0 Å². The number of benzene rings is 1. The maximum absolute atomic E-state index is 12.9. The van der Waals surface area contributed by atoms with E-state index in [0.717, 1.165) is 9.47 Å². The average Bonchev–Trinajstić information content (AvgIpc) is 2.82. The lowest BCUT2D eigenvalue weighted by Crippen LogP contribution is -2.42. The molecular formula is C17H17ClN4O4. The van der Waals surface area contributed by atoms with E-state index >= 15 is 0 Å². The number of urea groups is 1. The molecule has 0 aliphatic carbocycles. The highest BCUT2D eigenvalue weighted by Crippen LogP contribution is 2.30. The molecule has 0 bridgehead atoms. The van der Waals surface area contributed by atoms with Gasteiger partial charge in [-0.25, -0.2) is 9.59 Å². The molecule has 2 heterocycles. The molecule has 1 unspecified atom stereocenters. The van der Waals surface area contributed by atoms with Gasteiger partial charge in [-0.15, -0.1) is 0 Å². The van der Waals surface area contributed by atoms with Gasteiger partial charge in [-0.2, -0.15) is 0 Å². The first-order valence-electron chi connectivity index (χ1n) is 7.81. The van der Waals surface area contributed by atoms with Crippen LogP contribution in [0.5, 0.6) is 0 Å². The molecular weight excluding hydrogens is 360 g/mol. The molecule has 1 saturated heterocycles.